The highest BCUT2D eigenvalue weighted by Crippen LogP contribution is 2.31. The van der Waals surface area contributed by atoms with Gasteiger partial charge in [0.2, 0.25) is 0 Å². The first-order valence-electron chi connectivity index (χ1n) is 5.46. The van der Waals surface area contributed by atoms with Gasteiger partial charge in [0.05, 0.1) is 7.11 Å². The molecule has 1 unspecified atom stereocenters. The van der Waals surface area contributed by atoms with E-state index in [2.05, 4.69) is 38.2 Å². The molecule has 84 valence electrons. The monoisotopic (exact) mass is 207 g/mol. The first kappa shape index (κ1) is 12.1. The highest BCUT2D eigenvalue weighted by molar-refractivity contribution is 5.45. The summed E-state index contributed by atoms with van der Waals surface area (Å²) in [6.07, 6.45) is 1.07. The number of methoxy groups -OCH3 is 1. The zero-order valence-corrected chi connectivity index (χ0v) is 10.3. The Hall–Kier alpha value is -1.02. The summed E-state index contributed by atoms with van der Waals surface area (Å²) in [7, 11) is 3.73. The topological polar surface area (TPSA) is 21.3 Å². The van der Waals surface area contributed by atoms with Gasteiger partial charge in [-0.05, 0) is 44.5 Å². The van der Waals surface area contributed by atoms with E-state index in [1.165, 1.54) is 16.7 Å². The molecule has 1 N–H and O–H groups in total. The van der Waals surface area contributed by atoms with Gasteiger partial charge in [0, 0.05) is 11.6 Å². The van der Waals surface area contributed by atoms with E-state index in [1.54, 1.807) is 7.11 Å². The molecular weight excluding hydrogens is 186 g/mol. The molecule has 0 aromatic heterocycles. The van der Waals surface area contributed by atoms with E-state index in [0.717, 1.165) is 12.2 Å². The molecule has 0 aliphatic rings. The Kier molecular flexibility index (Phi) is 4.15. The summed E-state index contributed by atoms with van der Waals surface area (Å²) in [4.78, 5) is 0. The zero-order valence-electron chi connectivity index (χ0n) is 10.3. The lowest BCUT2D eigenvalue weighted by Crippen LogP contribution is -2.17. The van der Waals surface area contributed by atoms with Crippen molar-refractivity contribution >= 4 is 0 Å². The highest BCUT2D eigenvalue weighted by Gasteiger charge is 2.15. The standard InChI is InChI=1S/C13H21NO/c1-6-11(14-4)13-10(3)7-9(2)8-12(13)15-5/h7-8,11,14H,6H2,1-5H3. The van der Waals surface area contributed by atoms with Gasteiger partial charge in [0.1, 0.15) is 5.75 Å². The number of hydrogen-bond acceptors (Lipinski definition) is 2. The van der Waals surface area contributed by atoms with Crippen LogP contribution in [0.3, 0.4) is 0 Å². The Balaban J connectivity index is 3.24. The molecule has 1 rings (SSSR count). The van der Waals surface area contributed by atoms with Crippen LogP contribution in [0.5, 0.6) is 5.75 Å². The second-order valence-electron chi connectivity index (χ2n) is 3.95. The molecule has 15 heavy (non-hydrogen) atoms. The lowest BCUT2D eigenvalue weighted by molar-refractivity contribution is 0.399. The van der Waals surface area contributed by atoms with Crippen molar-refractivity contribution in [2.45, 2.75) is 33.2 Å². The minimum absolute atomic E-state index is 0.376. The quantitative estimate of drug-likeness (QED) is 0.819. The second-order valence-corrected chi connectivity index (χ2v) is 3.95. The van der Waals surface area contributed by atoms with Crippen molar-refractivity contribution < 1.29 is 4.74 Å². The van der Waals surface area contributed by atoms with E-state index in [9.17, 15) is 0 Å². The van der Waals surface area contributed by atoms with Crippen molar-refractivity contribution in [3.63, 3.8) is 0 Å². The van der Waals surface area contributed by atoms with Crippen LogP contribution in [0.15, 0.2) is 12.1 Å². The van der Waals surface area contributed by atoms with Gasteiger partial charge < -0.3 is 10.1 Å². The Morgan fingerprint density at radius 1 is 1.33 bits per heavy atom. The van der Waals surface area contributed by atoms with Crippen LogP contribution in [0.2, 0.25) is 0 Å². The molecule has 2 nitrogen and oxygen atoms in total. The van der Waals surface area contributed by atoms with Crippen molar-refractivity contribution in [3.8, 4) is 5.75 Å². The Morgan fingerprint density at radius 3 is 2.47 bits per heavy atom. The lowest BCUT2D eigenvalue weighted by atomic mass is 9.96. The highest BCUT2D eigenvalue weighted by atomic mass is 16.5. The Bertz CT molecular complexity index is 330. The molecule has 0 radical (unpaired) electrons. The van der Waals surface area contributed by atoms with Crippen molar-refractivity contribution in [1.82, 2.24) is 5.32 Å². The van der Waals surface area contributed by atoms with Crippen molar-refractivity contribution in [2.75, 3.05) is 14.2 Å². The van der Waals surface area contributed by atoms with Crippen LogP contribution >= 0.6 is 0 Å². The van der Waals surface area contributed by atoms with E-state index in [4.69, 9.17) is 4.74 Å². The van der Waals surface area contributed by atoms with E-state index in [-0.39, 0.29) is 0 Å². The summed E-state index contributed by atoms with van der Waals surface area (Å²) in [5.74, 6) is 0.994. The van der Waals surface area contributed by atoms with Gasteiger partial charge >= 0.3 is 0 Å². The second kappa shape index (κ2) is 5.17. The fraction of sp³-hybridized carbons (Fsp3) is 0.538. The molecule has 0 saturated heterocycles. The molecule has 0 amide bonds. The smallest absolute Gasteiger partial charge is 0.124 e. The molecule has 0 spiro atoms. The largest absolute Gasteiger partial charge is 0.496 e. The van der Waals surface area contributed by atoms with E-state index < -0.39 is 0 Å². The predicted octanol–water partition coefficient (Wildman–Crippen LogP) is 2.98. The molecule has 0 heterocycles. The summed E-state index contributed by atoms with van der Waals surface area (Å²) in [5, 5.41) is 3.32. The van der Waals surface area contributed by atoms with Crippen LogP contribution in [0, 0.1) is 13.8 Å². The Labute approximate surface area is 92.6 Å². The predicted molar refractivity (Wildman–Crippen MR) is 64.6 cm³/mol. The van der Waals surface area contributed by atoms with E-state index in [0.29, 0.717) is 6.04 Å². The van der Waals surface area contributed by atoms with Crippen LogP contribution in [-0.4, -0.2) is 14.2 Å². The maximum atomic E-state index is 5.45. The SMILES string of the molecule is CCC(NC)c1c(C)cc(C)cc1OC. The van der Waals surface area contributed by atoms with Gasteiger partial charge in [-0.2, -0.15) is 0 Å². The van der Waals surface area contributed by atoms with Crippen LogP contribution in [0.25, 0.3) is 0 Å². The Morgan fingerprint density at radius 2 is 2.00 bits per heavy atom. The third-order valence-corrected chi connectivity index (χ3v) is 2.82. The maximum absolute atomic E-state index is 5.45. The molecule has 0 saturated carbocycles. The van der Waals surface area contributed by atoms with Gasteiger partial charge in [-0.1, -0.05) is 13.0 Å². The van der Waals surface area contributed by atoms with Gasteiger partial charge in [-0.15, -0.1) is 0 Å². The van der Waals surface area contributed by atoms with Gasteiger partial charge in [0.25, 0.3) is 0 Å². The minimum atomic E-state index is 0.376. The van der Waals surface area contributed by atoms with E-state index in [1.807, 2.05) is 7.05 Å². The third kappa shape index (κ3) is 2.51. The molecule has 0 aliphatic heterocycles. The zero-order chi connectivity index (χ0) is 11.4. The first-order valence-corrected chi connectivity index (χ1v) is 5.46. The minimum Gasteiger partial charge on any atom is -0.496 e. The van der Waals surface area contributed by atoms with E-state index >= 15 is 0 Å². The molecule has 0 bridgehead atoms. The number of benzene rings is 1. The van der Waals surface area contributed by atoms with Crippen molar-refractivity contribution in [1.29, 1.82) is 0 Å². The number of aryl methyl sites for hydroxylation is 2. The van der Waals surface area contributed by atoms with Crippen LogP contribution in [0.1, 0.15) is 36.1 Å². The van der Waals surface area contributed by atoms with Gasteiger partial charge in [-0.25, -0.2) is 0 Å². The van der Waals surface area contributed by atoms with Crippen LogP contribution < -0.4 is 10.1 Å². The summed E-state index contributed by atoms with van der Waals surface area (Å²) >= 11 is 0. The molecule has 0 aliphatic carbocycles. The molecular formula is C13H21NO. The molecule has 2 heteroatoms. The fourth-order valence-electron chi connectivity index (χ4n) is 2.11. The van der Waals surface area contributed by atoms with Gasteiger partial charge in [-0.3, -0.25) is 0 Å². The van der Waals surface area contributed by atoms with Gasteiger partial charge in [0.15, 0.2) is 0 Å². The lowest BCUT2D eigenvalue weighted by Gasteiger charge is -2.20. The molecule has 0 fully saturated rings. The molecule has 1 aromatic rings. The summed E-state index contributed by atoms with van der Waals surface area (Å²) in [5.41, 5.74) is 3.83. The molecule has 1 atom stereocenters. The average Bonchev–Trinajstić information content (AvgIpc) is 2.21. The summed E-state index contributed by atoms with van der Waals surface area (Å²) < 4.78 is 5.45. The maximum Gasteiger partial charge on any atom is 0.124 e. The normalized spacial score (nSPS) is 12.6. The van der Waals surface area contributed by atoms with Crippen molar-refractivity contribution in [2.24, 2.45) is 0 Å². The first-order chi connectivity index (χ1) is 7.13. The summed E-state index contributed by atoms with van der Waals surface area (Å²) in [6, 6.07) is 4.68. The number of hydrogen-bond donors (Lipinski definition) is 1. The number of nitrogens with one attached hydrogen (secondary N) is 1. The number of rotatable bonds is 4. The number of ether oxygens (including phenoxy) is 1. The van der Waals surface area contributed by atoms with Crippen molar-refractivity contribution in [3.05, 3.63) is 28.8 Å². The summed E-state index contributed by atoms with van der Waals surface area (Å²) in [6.45, 7) is 6.42. The van der Waals surface area contributed by atoms with Crippen LogP contribution in [0.4, 0.5) is 0 Å². The van der Waals surface area contributed by atoms with Crippen LogP contribution in [-0.2, 0) is 0 Å². The third-order valence-electron chi connectivity index (χ3n) is 2.82. The fourth-order valence-corrected chi connectivity index (χ4v) is 2.11. The molecule has 1 aromatic carbocycles. The average molecular weight is 207 g/mol.